The third kappa shape index (κ3) is 4.92. The van der Waals surface area contributed by atoms with Crippen LogP contribution in [0.2, 0.25) is 5.02 Å². The number of furan rings is 1. The first-order valence-corrected chi connectivity index (χ1v) is 10.4. The maximum absolute atomic E-state index is 13.3. The molecule has 2 amide bonds. The van der Waals surface area contributed by atoms with Crippen LogP contribution in [-0.2, 0) is 17.9 Å². The Morgan fingerprint density at radius 1 is 0.933 bits per heavy atom. The van der Waals surface area contributed by atoms with Crippen molar-refractivity contribution in [2.24, 2.45) is 0 Å². The standard InChI is InChI=1S/C24H23ClN2O3/c25-22-11-5-4-10-21(22)24(29)27(19-12-13-19)17-23(28)26(16-20-9-6-14-30-20)15-18-7-2-1-3-8-18/h1-11,14,19H,12-13,15-17H2. The minimum absolute atomic E-state index is 0.0161. The minimum atomic E-state index is -0.200. The molecule has 0 aliphatic heterocycles. The fraction of sp³-hybridized carbons (Fsp3) is 0.250. The van der Waals surface area contributed by atoms with Crippen LogP contribution < -0.4 is 0 Å². The maximum Gasteiger partial charge on any atom is 0.256 e. The largest absolute Gasteiger partial charge is 0.467 e. The highest BCUT2D eigenvalue weighted by Crippen LogP contribution is 2.30. The lowest BCUT2D eigenvalue weighted by molar-refractivity contribution is -0.133. The summed E-state index contributed by atoms with van der Waals surface area (Å²) in [6.07, 6.45) is 3.40. The lowest BCUT2D eigenvalue weighted by atomic mass is 10.2. The van der Waals surface area contributed by atoms with Crippen molar-refractivity contribution in [3.05, 3.63) is 94.9 Å². The highest BCUT2D eigenvalue weighted by Gasteiger charge is 2.36. The highest BCUT2D eigenvalue weighted by molar-refractivity contribution is 6.33. The molecule has 1 heterocycles. The zero-order valence-corrected chi connectivity index (χ0v) is 17.3. The molecule has 1 aliphatic rings. The predicted molar refractivity (Wildman–Crippen MR) is 115 cm³/mol. The van der Waals surface area contributed by atoms with Crippen LogP contribution in [0.3, 0.4) is 0 Å². The fourth-order valence-corrected chi connectivity index (χ4v) is 3.63. The van der Waals surface area contributed by atoms with Gasteiger partial charge in [-0.25, -0.2) is 0 Å². The number of halogens is 1. The zero-order valence-electron chi connectivity index (χ0n) is 16.5. The van der Waals surface area contributed by atoms with Gasteiger partial charge in [-0.1, -0.05) is 54.1 Å². The molecule has 1 fully saturated rings. The number of rotatable bonds is 8. The van der Waals surface area contributed by atoms with Gasteiger partial charge in [0, 0.05) is 12.6 Å². The Balaban J connectivity index is 1.53. The first-order valence-electron chi connectivity index (χ1n) is 10.0. The first-order chi connectivity index (χ1) is 14.6. The molecule has 0 atom stereocenters. The topological polar surface area (TPSA) is 53.8 Å². The third-order valence-electron chi connectivity index (χ3n) is 5.15. The molecule has 4 rings (SSSR count). The Kier molecular flexibility index (Phi) is 6.19. The van der Waals surface area contributed by atoms with Crippen molar-refractivity contribution in [3.8, 4) is 0 Å². The van der Waals surface area contributed by atoms with E-state index in [1.807, 2.05) is 36.4 Å². The molecule has 6 heteroatoms. The smallest absolute Gasteiger partial charge is 0.256 e. The number of hydrogen-bond acceptors (Lipinski definition) is 3. The van der Waals surface area contributed by atoms with Crippen molar-refractivity contribution in [2.75, 3.05) is 6.54 Å². The SMILES string of the molecule is O=C(CN(C(=O)c1ccccc1Cl)C1CC1)N(Cc1ccccc1)Cc1ccco1. The van der Waals surface area contributed by atoms with E-state index in [0.29, 0.717) is 29.4 Å². The second kappa shape index (κ2) is 9.18. The molecule has 3 aromatic rings. The molecule has 1 aliphatic carbocycles. The molecule has 30 heavy (non-hydrogen) atoms. The van der Waals surface area contributed by atoms with E-state index in [2.05, 4.69) is 0 Å². The Morgan fingerprint density at radius 2 is 1.67 bits per heavy atom. The molecule has 0 spiro atoms. The van der Waals surface area contributed by atoms with E-state index in [4.69, 9.17) is 16.0 Å². The Morgan fingerprint density at radius 3 is 2.33 bits per heavy atom. The van der Waals surface area contributed by atoms with Crippen molar-refractivity contribution in [1.82, 2.24) is 9.80 Å². The van der Waals surface area contributed by atoms with Crippen molar-refractivity contribution < 1.29 is 14.0 Å². The van der Waals surface area contributed by atoms with Gasteiger partial charge in [-0.15, -0.1) is 0 Å². The number of hydrogen-bond donors (Lipinski definition) is 0. The highest BCUT2D eigenvalue weighted by atomic mass is 35.5. The molecule has 154 valence electrons. The van der Waals surface area contributed by atoms with Crippen LogP contribution in [0.5, 0.6) is 0 Å². The van der Waals surface area contributed by atoms with Crippen molar-refractivity contribution in [3.63, 3.8) is 0 Å². The molecule has 0 saturated heterocycles. The summed E-state index contributed by atoms with van der Waals surface area (Å²) in [7, 11) is 0. The van der Waals surface area contributed by atoms with Gasteiger partial charge in [0.1, 0.15) is 12.3 Å². The fourth-order valence-electron chi connectivity index (χ4n) is 3.41. The zero-order chi connectivity index (χ0) is 20.9. The van der Waals surface area contributed by atoms with Crippen molar-refractivity contribution in [2.45, 2.75) is 32.0 Å². The van der Waals surface area contributed by atoms with Gasteiger partial charge in [-0.05, 0) is 42.7 Å². The van der Waals surface area contributed by atoms with E-state index in [-0.39, 0.29) is 24.4 Å². The monoisotopic (exact) mass is 422 g/mol. The summed E-state index contributed by atoms with van der Waals surface area (Å²) in [6, 6.07) is 20.5. The molecule has 0 unspecified atom stereocenters. The van der Waals surface area contributed by atoms with Gasteiger partial charge < -0.3 is 14.2 Å². The lowest BCUT2D eigenvalue weighted by Gasteiger charge is -2.27. The van der Waals surface area contributed by atoms with Crippen LogP contribution in [0.15, 0.2) is 77.4 Å². The van der Waals surface area contributed by atoms with Gasteiger partial charge in [0.25, 0.3) is 5.91 Å². The van der Waals surface area contributed by atoms with Crippen LogP contribution >= 0.6 is 11.6 Å². The van der Waals surface area contributed by atoms with Gasteiger partial charge in [0.15, 0.2) is 0 Å². The molecule has 0 radical (unpaired) electrons. The van der Waals surface area contributed by atoms with E-state index in [1.165, 1.54) is 0 Å². The van der Waals surface area contributed by atoms with Gasteiger partial charge in [-0.3, -0.25) is 9.59 Å². The normalized spacial score (nSPS) is 13.1. The second-order valence-electron chi connectivity index (χ2n) is 7.46. The first kappa shape index (κ1) is 20.2. The van der Waals surface area contributed by atoms with Crippen LogP contribution in [0, 0.1) is 0 Å². The lowest BCUT2D eigenvalue weighted by Crippen LogP contribution is -2.43. The molecule has 0 bridgehead atoms. The Hall–Kier alpha value is -3.05. The quantitative estimate of drug-likeness (QED) is 0.525. The van der Waals surface area contributed by atoms with E-state index in [9.17, 15) is 9.59 Å². The summed E-state index contributed by atoms with van der Waals surface area (Å²) in [6.45, 7) is 0.806. The summed E-state index contributed by atoms with van der Waals surface area (Å²) in [4.78, 5) is 29.8. The number of amides is 2. The minimum Gasteiger partial charge on any atom is -0.467 e. The van der Waals surface area contributed by atoms with Crippen LogP contribution in [0.25, 0.3) is 0 Å². The summed E-state index contributed by atoms with van der Waals surface area (Å²) < 4.78 is 5.46. The van der Waals surface area contributed by atoms with E-state index >= 15 is 0 Å². The maximum atomic E-state index is 13.3. The van der Waals surface area contributed by atoms with E-state index in [0.717, 1.165) is 18.4 Å². The number of carbonyl (C=O) groups excluding carboxylic acids is 2. The Bertz CT molecular complexity index is 1000. The molecular formula is C24H23ClN2O3. The second-order valence-corrected chi connectivity index (χ2v) is 7.87. The molecule has 2 aromatic carbocycles. The summed E-state index contributed by atoms with van der Waals surface area (Å²) in [5.74, 6) is 0.381. The van der Waals surface area contributed by atoms with Gasteiger partial charge >= 0.3 is 0 Å². The van der Waals surface area contributed by atoms with E-state index in [1.54, 1.807) is 46.4 Å². The number of benzene rings is 2. The summed E-state index contributed by atoms with van der Waals surface area (Å²) in [5.41, 5.74) is 1.45. The summed E-state index contributed by atoms with van der Waals surface area (Å²) >= 11 is 6.23. The van der Waals surface area contributed by atoms with Crippen LogP contribution in [0.1, 0.15) is 34.5 Å². The number of nitrogens with zero attached hydrogens (tertiary/aromatic N) is 2. The van der Waals surface area contributed by atoms with Gasteiger partial charge in [-0.2, -0.15) is 0 Å². The van der Waals surface area contributed by atoms with Crippen LogP contribution in [0.4, 0.5) is 0 Å². The van der Waals surface area contributed by atoms with Crippen LogP contribution in [-0.4, -0.2) is 34.2 Å². The average Bonchev–Trinajstić information content (AvgIpc) is 3.47. The van der Waals surface area contributed by atoms with Crippen molar-refractivity contribution in [1.29, 1.82) is 0 Å². The summed E-state index contributed by atoms with van der Waals surface area (Å²) in [5, 5.41) is 0.400. The molecular weight excluding hydrogens is 400 g/mol. The number of carbonyl (C=O) groups is 2. The molecule has 0 N–H and O–H groups in total. The van der Waals surface area contributed by atoms with Crippen molar-refractivity contribution >= 4 is 23.4 Å². The Labute approximate surface area is 180 Å². The average molecular weight is 423 g/mol. The molecule has 1 saturated carbocycles. The van der Waals surface area contributed by atoms with Gasteiger partial charge in [0.05, 0.1) is 23.4 Å². The predicted octanol–water partition coefficient (Wildman–Crippen LogP) is 4.77. The van der Waals surface area contributed by atoms with E-state index < -0.39 is 0 Å². The third-order valence-corrected chi connectivity index (χ3v) is 5.48. The molecule has 1 aromatic heterocycles. The molecule has 5 nitrogen and oxygen atoms in total. The van der Waals surface area contributed by atoms with Gasteiger partial charge in [0.2, 0.25) is 5.91 Å².